The van der Waals surface area contributed by atoms with Crippen LogP contribution >= 0.6 is 0 Å². The Hall–Kier alpha value is -2.89. The van der Waals surface area contributed by atoms with Crippen LogP contribution in [0.1, 0.15) is 10.4 Å². The van der Waals surface area contributed by atoms with Gasteiger partial charge in [-0.05, 0) is 30.3 Å². The molecule has 4 rings (SSSR count). The second-order valence-corrected chi connectivity index (χ2v) is 5.75. The van der Waals surface area contributed by atoms with Gasteiger partial charge in [-0.3, -0.25) is 4.79 Å². The molecule has 0 saturated heterocycles. The molecule has 1 atom stereocenters. The zero-order valence-corrected chi connectivity index (χ0v) is 13.2. The summed E-state index contributed by atoms with van der Waals surface area (Å²) in [7, 11) is 1.75. The van der Waals surface area contributed by atoms with Crippen LogP contribution in [0.3, 0.4) is 0 Å². The lowest BCUT2D eigenvalue weighted by Gasteiger charge is -2.29. The smallest absolute Gasteiger partial charge is 0.253 e. The highest BCUT2D eigenvalue weighted by Gasteiger charge is 2.25. The lowest BCUT2D eigenvalue weighted by molar-refractivity contribution is 0.0521. The Kier molecular flexibility index (Phi) is 3.65. The van der Waals surface area contributed by atoms with Crippen molar-refractivity contribution in [3.05, 3.63) is 48.0 Å². The van der Waals surface area contributed by atoms with Crippen LogP contribution in [0.25, 0.3) is 0 Å². The molecule has 0 aromatic heterocycles. The maximum absolute atomic E-state index is 12.6. The number of nitrogens with zero attached hydrogens (tertiary/aromatic N) is 1. The number of hydrogen-bond donors (Lipinski definition) is 0. The fourth-order valence-corrected chi connectivity index (χ4v) is 2.79. The van der Waals surface area contributed by atoms with E-state index in [1.807, 2.05) is 24.3 Å². The molecular formula is C18H17NO5. The van der Waals surface area contributed by atoms with Crippen molar-refractivity contribution in [3.8, 4) is 23.0 Å². The first kappa shape index (κ1) is 14.7. The Balaban J connectivity index is 1.43. The minimum Gasteiger partial charge on any atom is -0.486 e. The molecule has 6 heteroatoms. The second-order valence-electron chi connectivity index (χ2n) is 5.75. The number of hydrogen-bond acceptors (Lipinski definition) is 5. The maximum Gasteiger partial charge on any atom is 0.253 e. The number of fused-ring (bicyclic) bond motifs is 2. The van der Waals surface area contributed by atoms with Crippen LogP contribution in [0.2, 0.25) is 0 Å². The number of carbonyl (C=O) groups is 1. The van der Waals surface area contributed by atoms with Crippen molar-refractivity contribution in [3.63, 3.8) is 0 Å². The predicted octanol–water partition coefficient (Wildman–Crippen LogP) is 2.33. The van der Waals surface area contributed by atoms with E-state index in [0.29, 0.717) is 36.0 Å². The SMILES string of the molecule is CN(C[C@H]1COc2ccccc2O1)C(=O)c1ccc2c(c1)OCO2. The van der Waals surface area contributed by atoms with E-state index in [-0.39, 0.29) is 18.8 Å². The van der Waals surface area contributed by atoms with Gasteiger partial charge in [-0.15, -0.1) is 0 Å². The molecular weight excluding hydrogens is 310 g/mol. The lowest BCUT2D eigenvalue weighted by atomic mass is 10.1. The minimum absolute atomic E-state index is 0.101. The van der Waals surface area contributed by atoms with Crippen LogP contribution in [-0.2, 0) is 0 Å². The van der Waals surface area contributed by atoms with E-state index >= 15 is 0 Å². The van der Waals surface area contributed by atoms with Crippen LogP contribution in [-0.4, -0.2) is 43.9 Å². The summed E-state index contributed by atoms with van der Waals surface area (Å²) in [4.78, 5) is 14.2. The average Bonchev–Trinajstić information content (AvgIpc) is 3.08. The zero-order valence-electron chi connectivity index (χ0n) is 13.2. The van der Waals surface area contributed by atoms with Crippen molar-refractivity contribution in [1.29, 1.82) is 0 Å². The molecule has 0 unspecified atom stereocenters. The molecule has 0 N–H and O–H groups in total. The molecule has 2 heterocycles. The number of rotatable bonds is 3. The highest BCUT2D eigenvalue weighted by molar-refractivity contribution is 5.94. The Morgan fingerprint density at radius 2 is 1.79 bits per heavy atom. The zero-order chi connectivity index (χ0) is 16.5. The molecule has 6 nitrogen and oxygen atoms in total. The maximum atomic E-state index is 12.6. The number of carbonyl (C=O) groups excluding carboxylic acids is 1. The van der Waals surface area contributed by atoms with Crippen LogP contribution < -0.4 is 18.9 Å². The van der Waals surface area contributed by atoms with Gasteiger partial charge in [-0.1, -0.05) is 12.1 Å². The van der Waals surface area contributed by atoms with Crippen molar-refractivity contribution >= 4 is 5.91 Å². The summed E-state index contributed by atoms with van der Waals surface area (Å²) >= 11 is 0. The Labute approximate surface area is 139 Å². The molecule has 1 amide bonds. The molecule has 24 heavy (non-hydrogen) atoms. The van der Waals surface area contributed by atoms with Crippen molar-refractivity contribution in [1.82, 2.24) is 4.90 Å². The van der Waals surface area contributed by atoms with E-state index in [4.69, 9.17) is 18.9 Å². The average molecular weight is 327 g/mol. The van der Waals surface area contributed by atoms with E-state index < -0.39 is 0 Å². The number of likely N-dealkylation sites (N-methyl/N-ethyl adjacent to an activating group) is 1. The Morgan fingerprint density at radius 3 is 2.67 bits per heavy atom. The molecule has 2 aliphatic heterocycles. The van der Waals surface area contributed by atoms with Gasteiger partial charge in [0.15, 0.2) is 29.1 Å². The van der Waals surface area contributed by atoms with Gasteiger partial charge in [0.25, 0.3) is 5.91 Å². The van der Waals surface area contributed by atoms with Crippen LogP contribution in [0.5, 0.6) is 23.0 Å². The van der Waals surface area contributed by atoms with Gasteiger partial charge < -0.3 is 23.8 Å². The van der Waals surface area contributed by atoms with Gasteiger partial charge in [0.1, 0.15) is 6.61 Å². The Morgan fingerprint density at radius 1 is 1.04 bits per heavy atom. The molecule has 0 bridgehead atoms. The third-order valence-corrected chi connectivity index (χ3v) is 4.01. The van der Waals surface area contributed by atoms with Crippen molar-refractivity contribution in [2.24, 2.45) is 0 Å². The molecule has 0 fully saturated rings. The molecule has 0 aliphatic carbocycles. The van der Waals surface area contributed by atoms with E-state index in [0.717, 1.165) is 5.75 Å². The lowest BCUT2D eigenvalue weighted by Crippen LogP contribution is -2.41. The number of amides is 1. The summed E-state index contributed by atoms with van der Waals surface area (Å²) in [5.74, 6) is 2.60. The number of benzene rings is 2. The normalized spacial score (nSPS) is 17.5. The summed E-state index contributed by atoms with van der Waals surface area (Å²) in [6.07, 6.45) is -0.206. The first-order valence-electron chi connectivity index (χ1n) is 7.74. The molecule has 2 aliphatic rings. The third-order valence-electron chi connectivity index (χ3n) is 4.01. The van der Waals surface area contributed by atoms with E-state index in [2.05, 4.69) is 0 Å². The first-order valence-corrected chi connectivity index (χ1v) is 7.74. The van der Waals surface area contributed by atoms with Gasteiger partial charge in [0, 0.05) is 12.6 Å². The second kappa shape index (κ2) is 5.96. The van der Waals surface area contributed by atoms with Gasteiger partial charge in [-0.2, -0.15) is 0 Å². The molecule has 124 valence electrons. The van der Waals surface area contributed by atoms with E-state index in [1.165, 1.54) is 0 Å². The van der Waals surface area contributed by atoms with Crippen molar-refractivity contribution in [2.75, 3.05) is 27.0 Å². The molecule has 0 spiro atoms. The molecule has 2 aromatic rings. The first-order chi connectivity index (χ1) is 11.7. The topological polar surface area (TPSA) is 57.2 Å². The molecule has 0 radical (unpaired) electrons. The summed E-state index contributed by atoms with van der Waals surface area (Å²) in [5, 5.41) is 0. The molecule has 0 saturated carbocycles. The van der Waals surface area contributed by atoms with Crippen molar-refractivity contribution < 1.29 is 23.7 Å². The van der Waals surface area contributed by atoms with Crippen LogP contribution in [0.4, 0.5) is 0 Å². The number of ether oxygens (including phenoxy) is 4. The van der Waals surface area contributed by atoms with E-state index in [9.17, 15) is 4.79 Å². The summed E-state index contributed by atoms with van der Waals surface area (Å²) in [5.41, 5.74) is 0.555. The monoisotopic (exact) mass is 327 g/mol. The summed E-state index contributed by atoms with van der Waals surface area (Å²) < 4.78 is 22.2. The number of para-hydroxylation sites is 2. The van der Waals surface area contributed by atoms with Gasteiger partial charge >= 0.3 is 0 Å². The fraction of sp³-hybridized carbons (Fsp3) is 0.278. The predicted molar refractivity (Wildman–Crippen MR) is 85.9 cm³/mol. The highest BCUT2D eigenvalue weighted by atomic mass is 16.7. The van der Waals surface area contributed by atoms with Gasteiger partial charge in [0.2, 0.25) is 6.79 Å². The largest absolute Gasteiger partial charge is 0.486 e. The van der Waals surface area contributed by atoms with Crippen molar-refractivity contribution in [2.45, 2.75) is 6.10 Å². The quantitative estimate of drug-likeness (QED) is 0.866. The van der Waals surface area contributed by atoms with Crippen LogP contribution in [0, 0.1) is 0 Å². The van der Waals surface area contributed by atoms with Gasteiger partial charge in [0.05, 0.1) is 6.54 Å². The van der Waals surface area contributed by atoms with Crippen LogP contribution in [0.15, 0.2) is 42.5 Å². The molecule has 2 aromatic carbocycles. The summed E-state index contributed by atoms with van der Waals surface area (Å²) in [6, 6.07) is 12.7. The van der Waals surface area contributed by atoms with E-state index in [1.54, 1.807) is 30.1 Å². The summed E-state index contributed by atoms with van der Waals surface area (Å²) in [6.45, 7) is 1.03. The third kappa shape index (κ3) is 2.71. The standard InChI is InChI=1S/C18H17NO5/c1-19(9-13-10-21-14-4-2-3-5-16(14)24-13)18(20)12-6-7-15-17(8-12)23-11-22-15/h2-8,13H,9-11H2,1H3/t13-/m0/s1. The van der Waals surface area contributed by atoms with Gasteiger partial charge in [-0.25, -0.2) is 0 Å². The minimum atomic E-state index is -0.206. The fourth-order valence-electron chi connectivity index (χ4n) is 2.79. The Bertz CT molecular complexity index is 776. The highest BCUT2D eigenvalue weighted by Crippen LogP contribution is 2.33.